The largest absolute Gasteiger partial charge is 0.508 e. The second-order valence-electron chi connectivity index (χ2n) is 11.3. The van der Waals surface area contributed by atoms with E-state index in [0.29, 0.717) is 47.7 Å². The van der Waals surface area contributed by atoms with Crippen LogP contribution in [0, 0.1) is 17.6 Å². The number of piperidine rings is 1. The van der Waals surface area contributed by atoms with E-state index in [9.17, 15) is 18.7 Å². The van der Waals surface area contributed by atoms with Crippen molar-refractivity contribution in [3.05, 3.63) is 63.8 Å². The molecule has 0 aliphatic carbocycles. The molecule has 0 radical (unpaired) electrons. The Labute approximate surface area is 251 Å². The molecule has 1 aliphatic rings. The number of hydrogen-bond donors (Lipinski definition) is 2. The molecule has 2 aromatic carbocycles. The smallest absolute Gasteiger partial charge is 0.410 e. The molecular weight excluding hydrogens is 589 g/mol. The number of nitrogens with zero attached hydrogens (tertiary/aromatic N) is 5. The Bertz CT molecular complexity index is 1620. The molecule has 9 nitrogen and oxygen atoms in total. The van der Waals surface area contributed by atoms with Gasteiger partial charge < -0.3 is 24.6 Å². The highest BCUT2D eigenvalue weighted by Gasteiger charge is 2.30. The molecule has 0 unspecified atom stereocenters. The van der Waals surface area contributed by atoms with Gasteiger partial charge in [0, 0.05) is 26.2 Å². The number of carbonyl (C=O) groups is 1. The average molecular weight is 620 g/mol. The Morgan fingerprint density at radius 3 is 2.57 bits per heavy atom. The van der Waals surface area contributed by atoms with Gasteiger partial charge in [-0.3, -0.25) is 0 Å². The van der Waals surface area contributed by atoms with Crippen molar-refractivity contribution >= 4 is 46.4 Å². The molecule has 2 N–H and O–H groups in total. The number of rotatable bonds is 6. The molecule has 5 rings (SSSR count). The molecular formula is C29H30Cl2F2N6O3. The third-order valence-electron chi connectivity index (χ3n) is 6.78. The van der Waals surface area contributed by atoms with Crippen LogP contribution in [0.2, 0.25) is 10.0 Å². The van der Waals surface area contributed by atoms with Crippen LogP contribution in [-0.4, -0.2) is 54.3 Å². The summed E-state index contributed by atoms with van der Waals surface area (Å²) < 4.78 is 34.5. The lowest BCUT2D eigenvalue weighted by Crippen LogP contribution is -2.43. The highest BCUT2D eigenvalue weighted by Crippen LogP contribution is 2.39. The van der Waals surface area contributed by atoms with Crippen LogP contribution in [0.25, 0.3) is 22.6 Å². The summed E-state index contributed by atoms with van der Waals surface area (Å²) in [4.78, 5) is 28.3. The summed E-state index contributed by atoms with van der Waals surface area (Å²) >= 11 is 13.1. The maximum atomic E-state index is 13.7. The molecule has 3 heterocycles. The highest BCUT2D eigenvalue weighted by molar-refractivity contribution is 6.39. The van der Waals surface area contributed by atoms with Crippen molar-refractivity contribution in [2.24, 2.45) is 5.92 Å². The van der Waals surface area contributed by atoms with E-state index in [1.54, 1.807) is 11.1 Å². The van der Waals surface area contributed by atoms with Crippen LogP contribution < -0.4 is 5.32 Å². The molecule has 0 bridgehead atoms. The summed E-state index contributed by atoms with van der Waals surface area (Å²) in [5, 5.41) is 13.5. The predicted molar refractivity (Wildman–Crippen MR) is 157 cm³/mol. The number of phenols is 1. The number of anilines is 1. The summed E-state index contributed by atoms with van der Waals surface area (Å²) in [6, 6.07) is 6.42. The van der Waals surface area contributed by atoms with E-state index in [1.807, 2.05) is 25.3 Å². The molecule has 1 atom stereocenters. The Kier molecular flexibility index (Phi) is 8.43. The number of fused-ring (bicyclic) bond motifs is 1. The van der Waals surface area contributed by atoms with Crippen molar-refractivity contribution in [1.82, 2.24) is 24.4 Å². The molecule has 222 valence electrons. The Hall–Kier alpha value is -3.70. The van der Waals surface area contributed by atoms with Crippen LogP contribution in [0.1, 0.15) is 39.2 Å². The molecule has 0 saturated carbocycles. The van der Waals surface area contributed by atoms with Crippen LogP contribution in [0.15, 0.2) is 36.5 Å². The van der Waals surface area contributed by atoms with E-state index in [2.05, 4.69) is 10.3 Å². The number of likely N-dealkylation sites (tertiary alicyclic amines) is 1. The molecule has 2 aromatic heterocycles. The number of benzene rings is 2. The fourth-order valence-corrected chi connectivity index (χ4v) is 5.58. The van der Waals surface area contributed by atoms with Crippen LogP contribution in [0.3, 0.4) is 0 Å². The monoisotopic (exact) mass is 618 g/mol. The molecule has 0 spiro atoms. The SMILES string of the molecule is CC(C)(C)OC(=O)N1CCC[C@@H](Cn2c(-c3c(Cl)cc(O)cc3Cl)nc3cnc(NCc4ccc(F)c(F)c4)nc32)C1. The van der Waals surface area contributed by atoms with Gasteiger partial charge in [-0.25, -0.2) is 23.5 Å². The van der Waals surface area contributed by atoms with Crippen LogP contribution in [0.4, 0.5) is 19.5 Å². The van der Waals surface area contributed by atoms with E-state index in [1.165, 1.54) is 18.2 Å². The van der Waals surface area contributed by atoms with Crippen molar-refractivity contribution < 1.29 is 23.4 Å². The third kappa shape index (κ3) is 6.68. The van der Waals surface area contributed by atoms with E-state index < -0.39 is 17.2 Å². The first-order valence-corrected chi connectivity index (χ1v) is 14.2. The zero-order valence-electron chi connectivity index (χ0n) is 23.3. The summed E-state index contributed by atoms with van der Waals surface area (Å²) in [7, 11) is 0. The van der Waals surface area contributed by atoms with Crippen molar-refractivity contribution in [2.45, 2.75) is 52.3 Å². The van der Waals surface area contributed by atoms with Gasteiger partial charge in [0.05, 0.1) is 21.8 Å². The maximum absolute atomic E-state index is 13.7. The van der Waals surface area contributed by atoms with Gasteiger partial charge in [-0.15, -0.1) is 0 Å². The van der Waals surface area contributed by atoms with Crippen molar-refractivity contribution in [3.8, 4) is 17.1 Å². The average Bonchev–Trinajstić information content (AvgIpc) is 3.25. The minimum absolute atomic E-state index is 0.0330. The molecule has 1 aliphatic heterocycles. The molecule has 4 aromatic rings. The number of aromatic hydroxyl groups is 1. The predicted octanol–water partition coefficient (Wildman–Crippen LogP) is 7.04. The van der Waals surface area contributed by atoms with E-state index in [0.717, 1.165) is 25.0 Å². The maximum Gasteiger partial charge on any atom is 0.410 e. The number of hydrogen-bond acceptors (Lipinski definition) is 7. The van der Waals surface area contributed by atoms with Crippen molar-refractivity contribution in [1.29, 1.82) is 0 Å². The minimum Gasteiger partial charge on any atom is -0.508 e. The normalized spacial score (nSPS) is 15.7. The minimum atomic E-state index is -0.941. The van der Waals surface area contributed by atoms with E-state index in [-0.39, 0.29) is 40.3 Å². The molecule has 1 saturated heterocycles. The topological polar surface area (TPSA) is 105 Å². The Balaban J connectivity index is 1.49. The van der Waals surface area contributed by atoms with Gasteiger partial charge in [-0.1, -0.05) is 29.3 Å². The zero-order chi connectivity index (χ0) is 30.2. The van der Waals surface area contributed by atoms with Gasteiger partial charge in [-0.2, -0.15) is 4.98 Å². The fraction of sp³-hybridized carbons (Fsp3) is 0.379. The standard InChI is InChI=1S/C29H30Cl2F2N6O3/c1-29(2,3)42-28(41)38-8-4-5-17(14-38)15-39-25-23(36-26(39)24-19(30)10-18(40)11-20(24)31)13-35-27(37-25)34-12-16-6-7-21(32)22(33)9-16/h6-7,9-11,13,17,40H,4-5,8,12,14-15H2,1-3H3,(H,34,35,37)/t17-/m1/s1. The zero-order valence-corrected chi connectivity index (χ0v) is 24.8. The number of amides is 1. The summed E-state index contributed by atoms with van der Waals surface area (Å²) in [6.07, 6.45) is 2.83. The third-order valence-corrected chi connectivity index (χ3v) is 7.38. The first-order chi connectivity index (χ1) is 19.9. The van der Waals surface area contributed by atoms with Gasteiger partial charge in [0.1, 0.15) is 22.7 Å². The fourth-order valence-electron chi connectivity index (χ4n) is 4.94. The van der Waals surface area contributed by atoms with Gasteiger partial charge in [0.25, 0.3) is 0 Å². The van der Waals surface area contributed by atoms with Gasteiger partial charge in [0.15, 0.2) is 17.3 Å². The lowest BCUT2D eigenvalue weighted by atomic mass is 9.98. The van der Waals surface area contributed by atoms with Crippen molar-refractivity contribution in [3.63, 3.8) is 0 Å². The number of phenolic OH excluding ortho intramolecular Hbond substituents is 1. The number of imidazole rings is 1. The van der Waals surface area contributed by atoms with Crippen LogP contribution in [-0.2, 0) is 17.8 Å². The number of nitrogens with one attached hydrogen (secondary N) is 1. The summed E-state index contributed by atoms with van der Waals surface area (Å²) in [6.45, 7) is 7.15. The van der Waals surface area contributed by atoms with Gasteiger partial charge in [0.2, 0.25) is 5.95 Å². The van der Waals surface area contributed by atoms with Gasteiger partial charge >= 0.3 is 6.09 Å². The second kappa shape index (κ2) is 11.9. The number of halogens is 4. The van der Waals surface area contributed by atoms with E-state index >= 15 is 0 Å². The lowest BCUT2D eigenvalue weighted by molar-refractivity contribution is 0.0158. The van der Waals surface area contributed by atoms with E-state index in [4.69, 9.17) is 37.9 Å². The summed E-state index contributed by atoms with van der Waals surface area (Å²) in [5.74, 6) is -1.23. The quantitative estimate of drug-likeness (QED) is 0.239. The van der Waals surface area contributed by atoms with Gasteiger partial charge in [-0.05, 0) is 69.4 Å². The van der Waals surface area contributed by atoms with Crippen LogP contribution in [0.5, 0.6) is 5.75 Å². The van der Waals surface area contributed by atoms with Crippen LogP contribution >= 0.6 is 23.2 Å². The second-order valence-corrected chi connectivity index (χ2v) is 12.1. The first-order valence-electron chi connectivity index (χ1n) is 13.5. The molecule has 13 heteroatoms. The Morgan fingerprint density at radius 1 is 1.14 bits per heavy atom. The molecule has 1 amide bonds. The highest BCUT2D eigenvalue weighted by atomic mass is 35.5. The molecule has 1 fully saturated rings. The first kappa shape index (κ1) is 29.8. The van der Waals surface area contributed by atoms with Crippen molar-refractivity contribution in [2.75, 3.05) is 18.4 Å². The Morgan fingerprint density at radius 2 is 1.88 bits per heavy atom. The number of ether oxygens (including phenoxy) is 1. The summed E-state index contributed by atoms with van der Waals surface area (Å²) in [5.41, 5.74) is 1.29. The lowest BCUT2D eigenvalue weighted by Gasteiger charge is -2.34. The molecule has 42 heavy (non-hydrogen) atoms. The number of carbonyl (C=O) groups excluding carboxylic acids is 1. The number of aromatic nitrogens is 4.